The zero-order valence-corrected chi connectivity index (χ0v) is 20.2. The lowest BCUT2D eigenvalue weighted by atomic mass is 9.95. The van der Waals surface area contributed by atoms with Gasteiger partial charge in [0.15, 0.2) is 0 Å². The lowest BCUT2D eigenvalue weighted by Gasteiger charge is -2.31. The van der Waals surface area contributed by atoms with Gasteiger partial charge in [-0.1, -0.05) is 70.7 Å². The van der Waals surface area contributed by atoms with Crippen molar-refractivity contribution in [2.75, 3.05) is 19.9 Å². The summed E-state index contributed by atoms with van der Waals surface area (Å²) in [6, 6.07) is 10.3. The predicted octanol–water partition coefficient (Wildman–Crippen LogP) is 3.40. The highest BCUT2D eigenvalue weighted by molar-refractivity contribution is 6.76. The van der Waals surface area contributed by atoms with Crippen molar-refractivity contribution in [2.24, 2.45) is 5.41 Å². The van der Waals surface area contributed by atoms with Gasteiger partial charge in [-0.25, -0.2) is 15.2 Å². The number of amides is 3. The van der Waals surface area contributed by atoms with Crippen LogP contribution in [0.15, 0.2) is 30.3 Å². The van der Waals surface area contributed by atoms with E-state index >= 15 is 0 Å². The minimum atomic E-state index is -1.18. The number of nitrogens with one attached hydrogen (secondary N) is 2. The molecule has 1 heterocycles. The third kappa shape index (κ3) is 8.08. The van der Waals surface area contributed by atoms with Crippen LogP contribution in [0.4, 0.5) is 4.79 Å². The van der Waals surface area contributed by atoms with Gasteiger partial charge in [0.1, 0.15) is 12.9 Å². The monoisotopic (exact) mass is 435 g/mol. The molecule has 1 fully saturated rings. The molecule has 0 saturated carbocycles. The minimum absolute atomic E-state index is 0.133. The summed E-state index contributed by atoms with van der Waals surface area (Å²) in [4.78, 5) is 25.3. The number of hydrogen-bond acceptors (Lipinski definition) is 4. The molecule has 2 rings (SSSR count). The number of rotatable bonds is 8. The quantitative estimate of drug-likeness (QED) is 0.373. The Labute approximate surface area is 181 Å². The number of hydrazine groups is 1. The third-order valence-corrected chi connectivity index (χ3v) is 6.62. The maximum absolute atomic E-state index is 12.8. The molecule has 1 aromatic rings. The highest BCUT2D eigenvalue weighted by Gasteiger charge is 2.36. The van der Waals surface area contributed by atoms with Crippen LogP contribution in [0.1, 0.15) is 26.3 Å². The van der Waals surface area contributed by atoms with Crippen LogP contribution in [0.3, 0.4) is 0 Å². The van der Waals surface area contributed by atoms with Crippen LogP contribution in [0.5, 0.6) is 0 Å². The molecule has 2 N–H and O–H groups in total. The highest BCUT2D eigenvalue weighted by Crippen LogP contribution is 2.19. The fourth-order valence-electron chi connectivity index (χ4n) is 3.10. The SMILES string of the molecule is CC(C)(C)C(=O)N1C[C@@H](OCOCC[Si](C)(C)C)[C@@H](Cc2ccccc2)NC(=O)N1. The molecule has 30 heavy (non-hydrogen) atoms. The maximum atomic E-state index is 12.8. The van der Waals surface area contributed by atoms with Crippen LogP contribution in [0.2, 0.25) is 25.7 Å². The Balaban J connectivity index is 2.10. The average molecular weight is 436 g/mol. The molecule has 7 nitrogen and oxygen atoms in total. The Morgan fingerprint density at radius 3 is 2.47 bits per heavy atom. The largest absolute Gasteiger partial charge is 0.356 e. The summed E-state index contributed by atoms with van der Waals surface area (Å²) in [5.74, 6) is -0.161. The van der Waals surface area contributed by atoms with E-state index in [-0.39, 0.29) is 25.3 Å². The highest BCUT2D eigenvalue weighted by atomic mass is 28.3. The van der Waals surface area contributed by atoms with Crippen molar-refractivity contribution in [3.8, 4) is 0 Å². The van der Waals surface area contributed by atoms with Crippen molar-refractivity contribution in [1.29, 1.82) is 0 Å². The number of benzene rings is 1. The standard InChI is InChI=1S/C22H37N3O4Si/c1-22(2,3)20(26)25-15-19(29-16-28-12-13-30(4,5)6)18(23-21(27)24-25)14-17-10-8-7-9-11-17/h7-11,18-19H,12-16H2,1-6H3,(H2,23,24,27)/t18-,19-/m1/s1. The number of urea groups is 1. The topological polar surface area (TPSA) is 79.9 Å². The normalized spacial score (nSPS) is 20.3. The van der Waals surface area contributed by atoms with E-state index in [0.717, 1.165) is 11.6 Å². The van der Waals surface area contributed by atoms with E-state index in [0.29, 0.717) is 13.0 Å². The number of ether oxygens (including phenoxy) is 2. The number of carbonyl (C=O) groups is 2. The Hall–Kier alpha value is -1.90. The first-order chi connectivity index (χ1) is 14.0. The van der Waals surface area contributed by atoms with Gasteiger partial charge in [0, 0.05) is 20.1 Å². The average Bonchev–Trinajstić information content (AvgIpc) is 2.78. The van der Waals surface area contributed by atoms with Crippen molar-refractivity contribution < 1.29 is 19.1 Å². The molecule has 0 spiro atoms. The molecule has 0 radical (unpaired) electrons. The van der Waals surface area contributed by atoms with Gasteiger partial charge >= 0.3 is 6.03 Å². The molecule has 0 unspecified atom stereocenters. The van der Waals surface area contributed by atoms with Gasteiger partial charge in [-0.3, -0.25) is 4.79 Å². The number of carbonyl (C=O) groups excluding carboxylic acids is 2. The molecule has 2 atom stereocenters. The second-order valence-electron chi connectivity index (χ2n) is 10.1. The van der Waals surface area contributed by atoms with Crippen LogP contribution in [-0.2, 0) is 20.7 Å². The second-order valence-corrected chi connectivity index (χ2v) is 15.7. The molecule has 168 valence electrons. The summed E-state index contributed by atoms with van der Waals surface area (Å²) in [5, 5.41) is 4.33. The van der Waals surface area contributed by atoms with Gasteiger partial charge in [-0.15, -0.1) is 0 Å². The van der Waals surface area contributed by atoms with Gasteiger partial charge in [-0.2, -0.15) is 0 Å². The first kappa shape index (κ1) is 24.4. The second kappa shape index (κ2) is 10.4. The Morgan fingerprint density at radius 1 is 1.20 bits per heavy atom. The predicted molar refractivity (Wildman–Crippen MR) is 121 cm³/mol. The van der Waals surface area contributed by atoms with Crippen molar-refractivity contribution in [1.82, 2.24) is 15.8 Å². The van der Waals surface area contributed by atoms with Crippen molar-refractivity contribution in [3.05, 3.63) is 35.9 Å². The smallest absolute Gasteiger partial charge is 0.333 e. The van der Waals surface area contributed by atoms with E-state index in [1.165, 1.54) is 5.01 Å². The van der Waals surface area contributed by atoms with Crippen LogP contribution < -0.4 is 10.7 Å². The van der Waals surface area contributed by atoms with Crippen molar-refractivity contribution >= 4 is 20.0 Å². The zero-order chi connectivity index (χ0) is 22.4. The minimum Gasteiger partial charge on any atom is -0.356 e. The fourth-order valence-corrected chi connectivity index (χ4v) is 3.86. The summed E-state index contributed by atoms with van der Waals surface area (Å²) in [5.41, 5.74) is 3.14. The Bertz CT molecular complexity index is 701. The van der Waals surface area contributed by atoms with Gasteiger partial charge in [0.25, 0.3) is 0 Å². The Morgan fingerprint density at radius 2 is 1.87 bits per heavy atom. The lowest BCUT2D eigenvalue weighted by molar-refractivity contribution is -0.147. The Kier molecular flexibility index (Phi) is 8.46. The van der Waals surface area contributed by atoms with Gasteiger partial charge < -0.3 is 14.8 Å². The molecular formula is C22H37N3O4Si. The number of hydrogen-bond donors (Lipinski definition) is 2. The van der Waals surface area contributed by atoms with Gasteiger partial charge in [0.2, 0.25) is 5.91 Å². The first-order valence-corrected chi connectivity index (χ1v) is 14.3. The molecule has 1 aliphatic rings. The maximum Gasteiger partial charge on any atom is 0.333 e. The fraction of sp³-hybridized carbons (Fsp3) is 0.636. The molecule has 0 bridgehead atoms. The van der Waals surface area contributed by atoms with Gasteiger partial charge in [0.05, 0.1) is 12.6 Å². The van der Waals surface area contributed by atoms with E-state index in [1.807, 2.05) is 51.1 Å². The summed E-state index contributed by atoms with van der Waals surface area (Å²) >= 11 is 0. The molecule has 1 saturated heterocycles. The van der Waals surface area contributed by atoms with Crippen molar-refractivity contribution in [3.63, 3.8) is 0 Å². The van der Waals surface area contributed by atoms with Crippen LogP contribution in [-0.4, -0.2) is 57.1 Å². The summed E-state index contributed by atoms with van der Waals surface area (Å²) in [6.45, 7) is 13.4. The first-order valence-electron chi connectivity index (χ1n) is 10.6. The van der Waals surface area contributed by atoms with E-state index in [1.54, 1.807) is 0 Å². The summed E-state index contributed by atoms with van der Waals surface area (Å²) in [6.07, 6.45) is 0.202. The zero-order valence-electron chi connectivity index (χ0n) is 19.2. The molecular weight excluding hydrogens is 398 g/mol. The molecule has 0 aromatic heterocycles. The third-order valence-electron chi connectivity index (χ3n) is 4.91. The van der Waals surface area contributed by atoms with Crippen LogP contribution >= 0.6 is 0 Å². The van der Waals surface area contributed by atoms with Crippen molar-refractivity contribution in [2.45, 2.75) is 65.0 Å². The molecule has 8 heteroatoms. The van der Waals surface area contributed by atoms with Gasteiger partial charge in [-0.05, 0) is 18.0 Å². The lowest BCUT2D eigenvalue weighted by Crippen LogP contribution is -2.52. The molecule has 1 aromatic carbocycles. The van der Waals surface area contributed by atoms with Crippen LogP contribution in [0.25, 0.3) is 0 Å². The molecule has 0 aliphatic carbocycles. The summed E-state index contributed by atoms with van der Waals surface area (Å²) in [7, 11) is -1.18. The van der Waals surface area contributed by atoms with E-state index in [9.17, 15) is 9.59 Å². The van der Waals surface area contributed by atoms with Crippen LogP contribution in [0, 0.1) is 5.41 Å². The summed E-state index contributed by atoms with van der Waals surface area (Å²) < 4.78 is 11.8. The van der Waals surface area contributed by atoms with E-state index in [4.69, 9.17) is 9.47 Å². The molecule has 1 aliphatic heterocycles. The van der Waals surface area contributed by atoms with E-state index < -0.39 is 25.6 Å². The number of nitrogens with zero attached hydrogens (tertiary/aromatic N) is 1. The molecule has 3 amide bonds. The van der Waals surface area contributed by atoms with E-state index in [2.05, 4.69) is 30.4 Å².